The third kappa shape index (κ3) is 3.92. The number of carbonyl (C=O) groups is 1. The second-order valence-electron chi connectivity index (χ2n) is 7.92. The molecule has 6 nitrogen and oxygen atoms in total. The van der Waals surface area contributed by atoms with Crippen LogP contribution < -0.4 is 10.1 Å². The van der Waals surface area contributed by atoms with Gasteiger partial charge >= 0.3 is 0 Å². The Morgan fingerprint density at radius 1 is 1.21 bits per heavy atom. The first-order valence-corrected chi connectivity index (χ1v) is 10.4. The Hall–Kier alpha value is -2.34. The molecule has 4 rings (SSSR count). The largest absolute Gasteiger partial charge is 0.497 e. The minimum Gasteiger partial charge on any atom is -0.497 e. The lowest BCUT2D eigenvalue weighted by atomic mass is 9.90. The van der Waals surface area contributed by atoms with Crippen LogP contribution in [-0.4, -0.2) is 46.8 Å². The van der Waals surface area contributed by atoms with Gasteiger partial charge in [0.25, 0.3) is 5.91 Å². The highest BCUT2D eigenvalue weighted by Gasteiger charge is 2.30. The van der Waals surface area contributed by atoms with Gasteiger partial charge in [0.1, 0.15) is 5.75 Å². The van der Waals surface area contributed by atoms with Crippen LogP contribution in [0.2, 0.25) is 0 Å². The lowest BCUT2D eigenvalue weighted by Gasteiger charge is -2.27. The monoisotopic (exact) mass is 382 g/mol. The summed E-state index contributed by atoms with van der Waals surface area (Å²) >= 11 is 0. The van der Waals surface area contributed by atoms with Gasteiger partial charge in [0.2, 0.25) is 0 Å². The number of likely N-dealkylation sites (tertiary alicyclic amines) is 1. The minimum absolute atomic E-state index is 0.118. The number of piperidine rings is 1. The van der Waals surface area contributed by atoms with Gasteiger partial charge in [-0.1, -0.05) is 12.1 Å². The summed E-state index contributed by atoms with van der Waals surface area (Å²) in [5.74, 6) is 0.995. The molecule has 1 aliphatic carbocycles. The van der Waals surface area contributed by atoms with E-state index in [-0.39, 0.29) is 5.91 Å². The van der Waals surface area contributed by atoms with Crippen LogP contribution in [0.1, 0.15) is 53.0 Å². The molecule has 1 amide bonds. The van der Waals surface area contributed by atoms with E-state index in [1.165, 1.54) is 17.7 Å². The standard InChI is InChI=1S/C22H30N4O2/c1-25-20-11-8-17(23-15-16-6-9-18(28-2)10-7-16)14-19(20)21(24-25)22(27)26-12-4-3-5-13-26/h6-7,9-10,17,23H,3-5,8,11-15H2,1-2H3. The Balaban J connectivity index is 1.44. The summed E-state index contributed by atoms with van der Waals surface area (Å²) in [6.07, 6.45) is 6.34. The van der Waals surface area contributed by atoms with E-state index in [2.05, 4.69) is 22.5 Å². The van der Waals surface area contributed by atoms with Gasteiger partial charge in [-0.15, -0.1) is 0 Å². The van der Waals surface area contributed by atoms with E-state index in [4.69, 9.17) is 4.74 Å². The molecule has 2 aliphatic rings. The van der Waals surface area contributed by atoms with Crippen molar-refractivity contribution >= 4 is 5.91 Å². The third-order valence-corrected chi connectivity index (χ3v) is 6.05. The zero-order valence-electron chi connectivity index (χ0n) is 16.9. The number of ether oxygens (including phenoxy) is 1. The van der Waals surface area contributed by atoms with Gasteiger partial charge in [0.05, 0.1) is 7.11 Å². The van der Waals surface area contributed by atoms with Crippen molar-refractivity contribution < 1.29 is 9.53 Å². The summed E-state index contributed by atoms with van der Waals surface area (Å²) in [4.78, 5) is 15.0. The van der Waals surface area contributed by atoms with Crippen molar-refractivity contribution in [2.75, 3.05) is 20.2 Å². The number of nitrogens with one attached hydrogen (secondary N) is 1. The Morgan fingerprint density at radius 2 is 1.96 bits per heavy atom. The van der Waals surface area contributed by atoms with Crippen molar-refractivity contribution in [3.63, 3.8) is 0 Å². The number of aryl methyl sites for hydroxylation is 1. The number of rotatable bonds is 5. The van der Waals surface area contributed by atoms with Crippen LogP contribution in [0.15, 0.2) is 24.3 Å². The molecule has 1 atom stereocenters. The summed E-state index contributed by atoms with van der Waals surface area (Å²) in [7, 11) is 3.65. The third-order valence-electron chi connectivity index (χ3n) is 6.05. The van der Waals surface area contributed by atoms with E-state index in [9.17, 15) is 4.79 Å². The summed E-state index contributed by atoms with van der Waals surface area (Å²) in [5, 5.41) is 8.29. The Bertz CT molecular complexity index is 822. The van der Waals surface area contributed by atoms with E-state index < -0.39 is 0 Å². The molecule has 6 heteroatoms. The van der Waals surface area contributed by atoms with E-state index in [1.54, 1.807) is 7.11 Å². The SMILES string of the molecule is COc1ccc(CNC2CCc3c(c(C(=O)N4CCCCC4)nn3C)C2)cc1. The molecule has 1 N–H and O–H groups in total. The predicted octanol–water partition coefficient (Wildman–Crippen LogP) is 2.70. The maximum atomic E-state index is 13.0. The average molecular weight is 383 g/mol. The Kier molecular flexibility index (Phi) is 5.67. The molecule has 0 radical (unpaired) electrons. The fraction of sp³-hybridized carbons (Fsp3) is 0.545. The van der Waals surface area contributed by atoms with E-state index in [0.29, 0.717) is 11.7 Å². The first-order valence-electron chi connectivity index (χ1n) is 10.4. The van der Waals surface area contributed by atoms with Crippen LogP contribution in [0, 0.1) is 0 Å². The molecule has 1 aliphatic heterocycles. The summed E-state index contributed by atoms with van der Waals surface area (Å²) < 4.78 is 7.15. The number of hydrogen-bond donors (Lipinski definition) is 1. The van der Waals surface area contributed by atoms with Gasteiger partial charge in [-0.25, -0.2) is 0 Å². The highest BCUT2D eigenvalue weighted by Crippen LogP contribution is 2.26. The number of amides is 1. The molecule has 1 unspecified atom stereocenters. The second-order valence-corrected chi connectivity index (χ2v) is 7.92. The molecule has 1 saturated heterocycles. The van der Waals surface area contributed by atoms with E-state index in [0.717, 1.165) is 63.1 Å². The fourth-order valence-electron chi connectivity index (χ4n) is 4.39. The Morgan fingerprint density at radius 3 is 2.68 bits per heavy atom. The molecule has 0 spiro atoms. The Labute approximate surface area is 166 Å². The molecule has 1 fully saturated rings. The summed E-state index contributed by atoms with van der Waals surface area (Å²) in [5.41, 5.74) is 4.29. The van der Waals surface area contributed by atoms with E-state index in [1.807, 2.05) is 28.8 Å². The average Bonchev–Trinajstić information content (AvgIpc) is 3.08. The lowest BCUT2D eigenvalue weighted by Crippen LogP contribution is -2.38. The van der Waals surface area contributed by atoms with Crippen LogP contribution in [-0.2, 0) is 26.4 Å². The summed E-state index contributed by atoms with van der Waals surface area (Å²) in [6.45, 7) is 2.55. The number of hydrogen-bond acceptors (Lipinski definition) is 4. The number of aromatic nitrogens is 2. The first-order chi connectivity index (χ1) is 13.7. The van der Waals surface area contributed by atoms with Crippen molar-refractivity contribution in [2.24, 2.45) is 7.05 Å². The van der Waals surface area contributed by atoms with Crippen LogP contribution >= 0.6 is 0 Å². The lowest BCUT2D eigenvalue weighted by molar-refractivity contribution is 0.0716. The second kappa shape index (κ2) is 8.35. The van der Waals surface area contributed by atoms with Gasteiger partial charge in [-0.05, 0) is 56.2 Å². The molecule has 28 heavy (non-hydrogen) atoms. The smallest absolute Gasteiger partial charge is 0.274 e. The molecule has 2 heterocycles. The van der Waals surface area contributed by atoms with Gasteiger partial charge in [-0.3, -0.25) is 9.48 Å². The number of nitrogens with zero attached hydrogens (tertiary/aromatic N) is 3. The highest BCUT2D eigenvalue weighted by atomic mass is 16.5. The molecule has 0 saturated carbocycles. The van der Waals surface area contributed by atoms with E-state index >= 15 is 0 Å². The van der Waals surface area contributed by atoms with Crippen LogP contribution in [0.4, 0.5) is 0 Å². The van der Waals surface area contributed by atoms with Crippen LogP contribution in [0.5, 0.6) is 5.75 Å². The van der Waals surface area contributed by atoms with Crippen molar-refractivity contribution in [1.29, 1.82) is 0 Å². The molecule has 2 aromatic rings. The van der Waals surface area contributed by atoms with Gasteiger partial charge < -0.3 is 15.0 Å². The molecule has 1 aromatic heterocycles. The molecule has 1 aromatic carbocycles. The van der Waals surface area contributed by atoms with Crippen LogP contribution in [0.25, 0.3) is 0 Å². The number of carbonyl (C=O) groups excluding carboxylic acids is 1. The minimum atomic E-state index is 0.118. The maximum absolute atomic E-state index is 13.0. The van der Waals surface area contributed by atoms with Crippen LogP contribution in [0.3, 0.4) is 0 Å². The fourth-order valence-corrected chi connectivity index (χ4v) is 4.39. The van der Waals surface area contributed by atoms with Crippen molar-refractivity contribution in [3.8, 4) is 5.75 Å². The highest BCUT2D eigenvalue weighted by molar-refractivity contribution is 5.94. The molecule has 150 valence electrons. The van der Waals surface area contributed by atoms with Crippen molar-refractivity contribution in [1.82, 2.24) is 20.0 Å². The zero-order chi connectivity index (χ0) is 19.5. The summed E-state index contributed by atoms with van der Waals surface area (Å²) in [6, 6.07) is 8.54. The molecular weight excluding hydrogens is 352 g/mol. The van der Waals surface area contributed by atoms with Crippen molar-refractivity contribution in [2.45, 2.75) is 51.1 Å². The van der Waals surface area contributed by atoms with Gasteiger partial charge in [0, 0.05) is 44.0 Å². The maximum Gasteiger partial charge on any atom is 0.274 e. The molecular formula is C22H30N4O2. The number of benzene rings is 1. The first kappa shape index (κ1) is 19.0. The van der Waals surface area contributed by atoms with Gasteiger partial charge in [0.15, 0.2) is 5.69 Å². The predicted molar refractivity (Wildman–Crippen MR) is 109 cm³/mol. The topological polar surface area (TPSA) is 59.4 Å². The van der Waals surface area contributed by atoms with Gasteiger partial charge in [-0.2, -0.15) is 5.10 Å². The van der Waals surface area contributed by atoms with Crippen molar-refractivity contribution in [3.05, 3.63) is 46.8 Å². The number of fused-ring (bicyclic) bond motifs is 1. The quantitative estimate of drug-likeness (QED) is 0.864. The normalized spacial score (nSPS) is 19.4. The zero-order valence-corrected chi connectivity index (χ0v) is 16.9. The molecule has 0 bridgehead atoms. The number of methoxy groups -OCH3 is 1.